The third kappa shape index (κ3) is 2.16. The highest BCUT2D eigenvalue weighted by Crippen LogP contribution is 2.16. The molecule has 2 heterocycles. The highest BCUT2D eigenvalue weighted by Gasteiger charge is 2.00. The molecule has 0 saturated carbocycles. The summed E-state index contributed by atoms with van der Waals surface area (Å²) >= 11 is 0. The van der Waals surface area contributed by atoms with Gasteiger partial charge < -0.3 is 5.73 Å². The zero-order valence-corrected chi connectivity index (χ0v) is 8.02. The van der Waals surface area contributed by atoms with E-state index in [-0.39, 0.29) is 0 Å². The maximum absolute atomic E-state index is 12.8. The SMILES string of the molecule is NCc1ccc(-c2ccnc(F)c2)nc1. The summed E-state index contributed by atoms with van der Waals surface area (Å²) in [4.78, 5) is 7.67. The van der Waals surface area contributed by atoms with Crippen LogP contribution in [0.15, 0.2) is 36.7 Å². The maximum atomic E-state index is 12.8. The molecule has 2 aromatic rings. The van der Waals surface area contributed by atoms with Crippen LogP contribution < -0.4 is 5.73 Å². The molecule has 0 radical (unpaired) electrons. The van der Waals surface area contributed by atoms with Gasteiger partial charge in [0.2, 0.25) is 5.95 Å². The first-order chi connectivity index (χ1) is 7.29. The normalized spacial score (nSPS) is 10.3. The second kappa shape index (κ2) is 4.14. The van der Waals surface area contributed by atoms with Gasteiger partial charge in [0.1, 0.15) is 0 Å². The first-order valence-corrected chi connectivity index (χ1v) is 4.56. The summed E-state index contributed by atoms with van der Waals surface area (Å²) in [6.45, 7) is 0.456. The molecule has 0 aliphatic heterocycles. The molecule has 0 amide bonds. The molecule has 0 spiro atoms. The third-order valence-electron chi connectivity index (χ3n) is 2.08. The Morgan fingerprint density at radius 3 is 2.67 bits per heavy atom. The quantitative estimate of drug-likeness (QED) is 0.756. The molecule has 0 atom stereocenters. The average Bonchev–Trinajstić information content (AvgIpc) is 2.29. The Balaban J connectivity index is 2.37. The lowest BCUT2D eigenvalue weighted by Gasteiger charge is -2.01. The molecule has 76 valence electrons. The fraction of sp³-hybridized carbons (Fsp3) is 0.0909. The van der Waals surface area contributed by atoms with E-state index in [1.807, 2.05) is 12.1 Å². The number of rotatable bonds is 2. The van der Waals surface area contributed by atoms with Crippen LogP contribution in [0, 0.1) is 5.95 Å². The van der Waals surface area contributed by atoms with E-state index in [4.69, 9.17) is 5.73 Å². The van der Waals surface area contributed by atoms with Gasteiger partial charge in [-0.15, -0.1) is 0 Å². The second-order valence-electron chi connectivity index (χ2n) is 3.12. The van der Waals surface area contributed by atoms with Crippen molar-refractivity contribution in [3.8, 4) is 11.3 Å². The van der Waals surface area contributed by atoms with Gasteiger partial charge in [0, 0.05) is 30.6 Å². The molecule has 0 bridgehead atoms. The lowest BCUT2D eigenvalue weighted by atomic mass is 10.1. The van der Waals surface area contributed by atoms with Crippen LogP contribution in [0.5, 0.6) is 0 Å². The van der Waals surface area contributed by atoms with Gasteiger partial charge in [-0.1, -0.05) is 6.07 Å². The predicted molar refractivity (Wildman–Crippen MR) is 55.3 cm³/mol. The van der Waals surface area contributed by atoms with Crippen LogP contribution in [0.25, 0.3) is 11.3 Å². The molecule has 0 aliphatic carbocycles. The molecule has 15 heavy (non-hydrogen) atoms. The Bertz CT molecular complexity index is 454. The Morgan fingerprint density at radius 2 is 2.07 bits per heavy atom. The largest absolute Gasteiger partial charge is 0.326 e. The Labute approximate surface area is 86.8 Å². The van der Waals surface area contributed by atoms with Gasteiger partial charge in [0.05, 0.1) is 5.69 Å². The molecular formula is C11H10FN3. The van der Waals surface area contributed by atoms with Crippen LogP contribution in [-0.4, -0.2) is 9.97 Å². The molecular weight excluding hydrogens is 193 g/mol. The van der Waals surface area contributed by atoms with Crippen molar-refractivity contribution < 1.29 is 4.39 Å². The van der Waals surface area contributed by atoms with E-state index < -0.39 is 5.95 Å². The van der Waals surface area contributed by atoms with Crippen molar-refractivity contribution >= 4 is 0 Å². The molecule has 3 nitrogen and oxygen atoms in total. The van der Waals surface area contributed by atoms with Gasteiger partial charge in [0.25, 0.3) is 0 Å². The number of hydrogen-bond acceptors (Lipinski definition) is 3. The minimum absolute atomic E-state index is 0.456. The number of nitrogens with two attached hydrogens (primary N) is 1. The van der Waals surface area contributed by atoms with E-state index in [0.29, 0.717) is 17.8 Å². The number of nitrogens with zero attached hydrogens (tertiary/aromatic N) is 2. The third-order valence-corrected chi connectivity index (χ3v) is 2.08. The fourth-order valence-electron chi connectivity index (χ4n) is 1.28. The van der Waals surface area contributed by atoms with E-state index >= 15 is 0 Å². The van der Waals surface area contributed by atoms with Crippen LogP contribution in [0.3, 0.4) is 0 Å². The minimum Gasteiger partial charge on any atom is -0.326 e. The zero-order valence-electron chi connectivity index (χ0n) is 8.02. The molecule has 2 aromatic heterocycles. The molecule has 0 saturated heterocycles. The molecule has 0 aromatic carbocycles. The summed E-state index contributed by atoms with van der Waals surface area (Å²) < 4.78 is 12.8. The smallest absolute Gasteiger partial charge is 0.213 e. The number of halogens is 1. The van der Waals surface area contributed by atoms with Crippen molar-refractivity contribution in [1.29, 1.82) is 0 Å². The predicted octanol–water partition coefficient (Wildman–Crippen LogP) is 1.74. The number of hydrogen-bond donors (Lipinski definition) is 1. The van der Waals surface area contributed by atoms with Gasteiger partial charge in [-0.3, -0.25) is 4.98 Å². The molecule has 0 unspecified atom stereocenters. The number of aromatic nitrogens is 2. The summed E-state index contributed by atoms with van der Waals surface area (Å²) in [5.74, 6) is -0.503. The number of pyridine rings is 2. The van der Waals surface area contributed by atoms with Crippen LogP contribution in [0.2, 0.25) is 0 Å². The van der Waals surface area contributed by atoms with E-state index in [9.17, 15) is 4.39 Å². The zero-order chi connectivity index (χ0) is 10.7. The molecule has 0 fully saturated rings. The van der Waals surface area contributed by atoms with Gasteiger partial charge >= 0.3 is 0 Å². The lowest BCUT2D eigenvalue weighted by Crippen LogP contribution is -1.97. The second-order valence-corrected chi connectivity index (χ2v) is 3.12. The molecule has 0 aliphatic rings. The van der Waals surface area contributed by atoms with Crippen molar-refractivity contribution in [3.05, 3.63) is 48.2 Å². The monoisotopic (exact) mass is 203 g/mol. The summed E-state index contributed by atoms with van der Waals surface area (Å²) in [6, 6.07) is 6.76. The van der Waals surface area contributed by atoms with Crippen LogP contribution in [0.1, 0.15) is 5.56 Å². The van der Waals surface area contributed by atoms with Crippen molar-refractivity contribution in [1.82, 2.24) is 9.97 Å². The lowest BCUT2D eigenvalue weighted by molar-refractivity contribution is 0.584. The van der Waals surface area contributed by atoms with E-state index in [0.717, 1.165) is 5.56 Å². The first kappa shape index (κ1) is 9.73. The van der Waals surface area contributed by atoms with E-state index in [1.165, 1.54) is 12.3 Å². The van der Waals surface area contributed by atoms with Gasteiger partial charge in [-0.25, -0.2) is 4.98 Å². The summed E-state index contributed by atoms with van der Waals surface area (Å²) in [7, 11) is 0. The minimum atomic E-state index is -0.503. The Kier molecular flexibility index (Phi) is 2.69. The Hall–Kier alpha value is -1.81. The average molecular weight is 203 g/mol. The van der Waals surface area contributed by atoms with Crippen molar-refractivity contribution in [3.63, 3.8) is 0 Å². The highest BCUT2D eigenvalue weighted by molar-refractivity contribution is 5.58. The summed E-state index contributed by atoms with van der Waals surface area (Å²) in [5.41, 5.74) is 7.83. The molecule has 2 rings (SSSR count). The van der Waals surface area contributed by atoms with Gasteiger partial charge in [-0.2, -0.15) is 4.39 Å². The summed E-state index contributed by atoms with van der Waals surface area (Å²) in [6.07, 6.45) is 3.11. The van der Waals surface area contributed by atoms with Gasteiger partial charge in [0.15, 0.2) is 0 Å². The van der Waals surface area contributed by atoms with E-state index in [1.54, 1.807) is 12.3 Å². The summed E-state index contributed by atoms with van der Waals surface area (Å²) in [5, 5.41) is 0. The van der Waals surface area contributed by atoms with E-state index in [2.05, 4.69) is 9.97 Å². The molecule has 4 heteroatoms. The maximum Gasteiger partial charge on any atom is 0.213 e. The highest BCUT2D eigenvalue weighted by atomic mass is 19.1. The Morgan fingerprint density at radius 1 is 1.20 bits per heavy atom. The first-order valence-electron chi connectivity index (χ1n) is 4.56. The van der Waals surface area contributed by atoms with Crippen molar-refractivity contribution in [2.24, 2.45) is 5.73 Å². The van der Waals surface area contributed by atoms with Crippen molar-refractivity contribution in [2.75, 3.05) is 0 Å². The topological polar surface area (TPSA) is 51.8 Å². The van der Waals surface area contributed by atoms with Crippen LogP contribution in [0.4, 0.5) is 4.39 Å². The molecule has 2 N–H and O–H groups in total. The van der Waals surface area contributed by atoms with Crippen LogP contribution in [-0.2, 0) is 6.54 Å². The standard InChI is InChI=1S/C11H10FN3/c12-11-5-9(3-4-14-11)10-2-1-8(6-13)7-15-10/h1-5,7H,6,13H2. The van der Waals surface area contributed by atoms with Crippen LogP contribution >= 0.6 is 0 Å². The van der Waals surface area contributed by atoms with Gasteiger partial charge in [-0.05, 0) is 17.7 Å². The van der Waals surface area contributed by atoms with Crippen molar-refractivity contribution in [2.45, 2.75) is 6.54 Å². The fourth-order valence-corrected chi connectivity index (χ4v) is 1.28.